The number of phenolic OH excluding ortho intramolecular Hbond substituents is 2. The summed E-state index contributed by atoms with van der Waals surface area (Å²) < 4.78 is 0. The first-order valence-electron chi connectivity index (χ1n) is 4.36. The summed E-state index contributed by atoms with van der Waals surface area (Å²) in [6.07, 6.45) is 0. The van der Waals surface area contributed by atoms with Crippen molar-refractivity contribution in [3.05, 3.63) is 23.3 Å². The molecule has 1 aromatic carbocycles. The van der Waals surface area contributed by atoms with E-state index in [9.17, 15) is 19.8 Å². The highest BCUT2D eigenvalue weighted by molar-refractivity contribution is 6.49. The highest BCUT2D eigenvalue weighted by Crippen LogP contribution is 2.37. The highest BCUT2D eigenvalue weighted by atomic mass is 35.5. The van der Waals surface area contributed by atoms with Gasteiger partial charge in [-0.15, -0.1) is 23.2 Å². The van der Waals surface area contributed by atoms with E-state index < -0.39 is 22.3 Å². The third-order valence-electron chi connectivity index (χ3n) is 2.41. The summed E-state index contributed by atoms with van der Waals surface area (Å²) in [5, 5.41) is 16.5. The molecule has 0 aromatic heterocycles. The molecule has 2 atom stereocenters. The fourth-order valence-electron chi connectivity index (χ4n) is 1.62. The lowest BCUT2D eigenvalue weighted by molar-refractivity contribution is 0.0893. The van der Waals surface area contributed by atoms with Crippen molar-refractivity contribution in [3.8, 4) is 11.5 Å². The van der Waals surface area contributed by atoms with Gasteiger partial charge in [-0.05, 0) is 12.1 Å². The molecule has 84 valence electrons. The van der Waals surface area contributed by atoms with Crippen molar-refractivity contribution < 1.29 is 19.8 Å². The maximum absolute atomic E-state index is 11.7. The first-order chi connectivity index (χ1) is 7.45. The van der Waals surface area contributed by atoms with Crippen LogP contribution >= 0.6 is 23.2 Å². The van der Waals surface area contributed by atoms with Crippen LogP contribution in [0.1, 0.15) is 20.7 Å². The number of halogens is 2. The van der Waals surface area contributed by atoms with Crippen LogP contribution in [0.2, 0.25) is 0 Å². The molecule has 6 heteroatoms. The van der Waals surface area contributed by atoms with Gasteiger partial charge in [0.05, 0.1) is 11.1 Å². The molecule has 4 nitrogen and oxygen atoms in total. The largest absolute Gasteiger partial charge is 0.507 e. The summed E-state index contributed by atoms with van der Waals surface area (Å²) in [6, 6.07) is 2.25. The lowest BCUT2D eigenvalue weighted by Crippen LogP contribution is -2.38. The zero-order chi connectivity index (χ0) is 12.0. The summed E-state index contributed by atoms with van der Waals surface area (Å²) >= 11 is 11.3. The molecule has 1 aliphatic carbocycles. The second-order valence-electron chi connectivity index (χ2n) is 3.39. The summed E-state index contributed by atoms with van der Waals surface area (Å²) in [5.41, 5.74) is -0.524. The molecule has 2 N–H and O–H groups in total. The van der Waals surface area contributed by atoms with Crippen LogP contribution < -0.4 is 0 Å². The molecular formula is C10H6Cl2O4. The van der Waals surface area contributed by atoms with Gasteiger partial charge in [0, 0.05) is 0 Å². The molecule has 0 saturated heterocycles. The quantitative estimate of drug-likeness (QED) is 0.550. The number of carbonyl (C=O) groups excluding carboxylic acids is 2. The summed E-state index contributed by atoms with van der Waals surface area (Å²) in [5.74, 6) is -2.10. The van der Waals surface area contributed by atoms with E-state index in [1.54, 1.807) is 0 Å². The molecule has 2 unspecified atom stereocenters. The number of phenols is 2. The first kappa shape index (κ1) is 11.2. The summed E-state index contributed by atoms with van der Waals surface area (Å²) in [4.78, 5) is 23.4. The minimum atomic E-state index is -1.23. The lowest BCUT2D eigenvalue weighted by atomic mass is 9.87. The van der Waals surface area contributed by atoms with Gasteiger partial charge >= 0.3 is 0 Å². The maximum Gasteiger partial charge on any atom is 0.187 e. The average Bonchev–Trinajstić information content (AvgIpc) is 2.26. The number of alkyl halides is 2. The zero-order valence-corrected chi connectivity index (χ0v) is 9.29. The number of Topliss-reactive ketones (excluding diaryl/α,β-unsaturated/α-hetero) is 2. The number of aromatic hydroxyl groups is 2. The van der Waals surface area contributed by atoms with Crippen molar-refractivity contribution in [3.63, 3.8) is 0 Å². The predicted octanol–water partition coefficient (Wildman–Crippen LogP) is 1.69. The molecule has 0 radical (unpaired) electrons. The Balaban J connectivity index is 2.77. The van der Waals surface area contributed by atoms with Crippen LogP contribution in [-0.4, -0.2) is 32.5 Å². The fourth-order valence-corrected chi connectivity index (χ4v) is 2.07. The van der Waals surface area contributed by atoms with Gasteiger partial charge in [-0.25, -0.2) is 0 Å². The number of benzene rings is 1. The van der Waals surface area contributed by atoms with Crippen LogP contribution in [-0.2, 0) is 0 Å². The highest BCUT2D eigenvalue weighted by Gasteiger charge is 2.42. The normalized spacial score (nSPS) is 24.4. The van der Waals surface area contributed by atoms with Crippen molar-refractivity contribution >= 4 is 34.8 Å². The van der Waals surface area contributed by atoms with Crippen molar-refractivity contribution in [2.75, 3.05) is 0 Å². The molecule has 0 saturated carbocycles. The molecule has 0 spiro atoms. The van der Waals surface area contributed by atoms with E-state index in [2.05, 4.69) is 0 Å². The third-order valence-corrected chi connectivity index (χ3v) is 3.44. The predicted molar refractivity (Wildman–Crippen MR) is 57.7 cm³/mol. The Morgan fingerprint density at radius 2 is 1.19 bits per heavy atom. The van der Waals surface area contributed by atoms with Crippen molar-refractivity contribution in [1.82, 2.24) is 0 Å². The van der Waals surface area contributed by atoms with Gasteiger partial charge in [0.15, 0.2) is 11.6 Å². The number of ketones is 2. The van der Waals surface area contributed by atoms with Crippen LogP contribution in [0, 0.1) is 0 Å². The van der Waals surface area contributed by atoms with Gasteiger partial charge in [0.2, 0.25) is 0 Å². The average molecular weight is 261 g/mol. The van der Waals surface area contributed by atoms with E-state index in [1.807, 2.05) is 0 Å². The number of rotatable bonds is 0. The molecule has 2 rings (SSSR count). The van der Waals surface area contributed by atoms with Gasteiger partial charge in [-0.1, -0.05) is 0 Å². The van der Waals surface area contributed by atoms with Crippen LogP contribution in [0.4, 0.5) is 0 Å². The second kappa shape index (κ2) is 3.64. The maximum atomic E-state index is 11.7. The monoisotopic (exact) mass is 260 g/mol. The second-order valence-corrected chi connectivity index (χ2v) is 4.33. The number of fused-ring (bicyclic) bond motifs is 1. The van der Waals surface area contributed by atoms with Crippen molar-refractivity contribution in [2.24, 2.45) is 0 Å². The third kappa shape index (κ3) is 1.37. The van der Waals surface area contributed by atoms with Crippen LogP contribution in [0.3, 0.4) is 0 Å². The minimum Gasteiger partial charge on any atom is -0.507 e. The van der Waals surface area contributed by atoms with Crippen LogP contribution in [0.25, 0.3) is 0 Å². The van der Waals surface area contributed by atoms with E-state index in [0.717, 1.165) is 12.1 Å². The Labute approximate surface area is 100 Å². The molecule has 0 heterocycles. The van der Waals surface area contributed by atoms with Gasteiger partial charge in [-0.2, -0.15) is 0 Å². The molecule has 1 aromatic rings. The van der Waals surface area contributed by atoms with Crippen molar-refractivity contribution in [2.45, 2.75) is 10.8 Å². The van der Waals surface area contributed by atoms with Crippen LogP contribution in [0.5, 0.6) is 11.5 Å². The minimum absolute atomic E-state index is 0.262. The molecule has 0 fully saturated rings. The lowest BCUT2D eigenvalue weighted by Gasteiger charge is -2.23. The Bertz CT molecular complexity index is 453. The Hall–Kier alpha value is -1.26. The number of carbonyl (C=O) groups is 2. The molecule has 16 heavy (non-hydrogen) atoms. The number of hydrogen-bond acceptors (Lipinski definition) is 4. The Morgan fingerprint density at radius 1 is 0.875 bits per heavy atom. The number of hydrogen-bond donors (Lipinski definition) is 2. The summed E-state index contributed by atoms with van der Waals surface area (Å²) in [7, 11) is 0. The standard InChI is InChI=1S/C10H6Cl2O4/c11-7-8(12)10(16)6-4(14)2-1-3(13)5(6)9(7)15/h1-2,7-8,13-14H. The van der Waals surface area contributed by atoms with Crippen molar-refractivity contribution in [1.29, 1.82) is 0 Å². The Kier molecular flexibility index (Phi) is 2.56. The van der Waals surface area contributed by atoms with Gasteiger partial charge in [-0.3, -0.25) is 9.59 Å². The van der Waals surface area contributed by atoms with E-state index in [4.69, 9.17) is 23.2 Å². The van der Waals surface area contributed by atoms with Gasteiger partial charge in [0.1, 0.15) is 22.3 Å². The van der Waals surface area contributed by atoms with E-state index in [-0.39, 0.29) is 22.6 Å². The van der Waals surface area contributed by atoms with Crippen LogP contribution in [0.15, 0.2) is 12.1 Å². The molecule has 0 aliphatic heterocycles. The molecule has 0 amide bonds. The van der Waals surface area contributed by atoms with E-state index in [1.165, 1.54) is 0 Å². The zero-order valence-electron chi connectivity index (χ0n) is 7.78. The van der Waals surface area contributed by atoms with E-state index in [0.29, 0.717) is 0 Å². The Morgan fingerprint density at radius 3 is 1.50 bits per heavy atom. The topological polar surface area (TPSA) is 74.6 Å². The van der Waals surface area contributed by atoms with Gasteiger partial charge in [0.25, 0.3) is 0 Å². The first-order valence-corrected chi connectivity index (χ1v) is 5.24. The summed E-state index contributed by atoms with van der Waals surface area (Å²) in [6.45, 7) is 0. The molecule has 0 bridgehead atoms. The van der Waals surface area contributed by atoms with Gasteiger partial charge < -0.3 is 10.2 Å². The fraction of sp³-hybridized carbons (Fsp3) is 0.200. The smallest absolute Gasteiger partial charge is 0.187 e. The van der Waals surface area contributed by atoms with E-state index >= 15 is 0 Å². The molecule has 1 aliphatic rings. The SMILES string of the molecule is O=C1c2c(O)ccc(O)c2C(=O)C(Cl)C1Cl. The molecular weight excluding hydrogens is 255 g/mol.